The maximum Gasteiger partial charge on any atom is 0.0727 e. The van der Waals surface area contributed by atoms with Crippen molar-refractivity contribution in [2.45, 2.75) is 44.8 Å². The molecule has 1 aliphatic heterocycles. The summed E-state index contributed by atoms with van der Waals surface area (Å²) >= 11 is 0. The Morgan fingerprint density at radius 3 is 2.75 bits per heavy atom. The Morgan fingerprint density at radius 2 is 2.19 bits per heavy atom. The molecular weight excluding hydrogens is 202 g/mol. The summed E-state index contributed by atoms with van der Waals surface area (Å²) in [5.74, 6) is 0. The van der Waals surface area contributed by atoms with Gasteiger partial charge in [-0.3, -0.25) is 4.68 Å². The van der Waals surface area contributed by atoms with Crippen LogP contribution in [0.4, 0.5) is 0 Å². The summed E-state index contributed by atoms with van der Waals surface area (Å²) < 4.78 is 1.94. The minimum absolute atomic E-state index is 0.386. The topological polar surface area (TPSA) is 50.1 Å². The Hall–Kier alpha value is -0.870. The van der Waals surface area contributed by atoms with E-state index in [1.165, 1.54) is 0 Å². The van der Waals surface area contributed by atoms with Gasteiger partial charge in [0.05, 0.1) is 11.3 Å². The molecule has 2 N–H and O–H groups in total. The molecule has 1 fully saturated rings. The standard InChI is InChI=1S/C12H21N3O/c1-10(2)15-8-3-11(14-15)9-12(16)4-6-13-7-5-12/h3,8,10,13,16H,4-7,9H2,1-2H3. The summed E-state index contributed by atoms with van der Waals surface area (Å²) in [7, 11) is 0. The third-order valence-electron chi connectivity index (χ3n) is 3.24. The maximum atomic E-state index is 10.4. The molecule has 2 heterocycles. The number of nitrogens with one attached hydrogen (secondary N) is 1. The largest absolute Gasteiger partial charge is 0.389 e. The summed E-state index contributed by atoms with van der Waals surface area (Å²) in [5.41, 5.74) is 0.444. The third kappa shape index (κ3) is 2.62. The predicted molar refractivity (Wildman–Crippen MR) is 63.4 cm³/mol. The van der Waals surface area contributed by atoms with E-state index in [4.69, 9.17) is 0 Å². The van der Waals surface area contributed by atoms with Gasteiger partial charge in [0.2, 0.25) is 0 Å². The zero-order chi connectivity index (χ0) is 11.6. The lowest BCUT2D eigenvalue weighted by Gasteiger charge is -2.31. The second-order valence-corrected chi connectivity index (χ2v) is 5.03. The first kappa shape index (κ1) is 11.6. The lowest BCUT2D eigenvalue weighted by atomic mass is 9.88. The van der Waals surface area contributed by atoms with Crippen molar-refractivity contribution in [2.24, 2.45) is 0 Å². The summed E-state index contributed by atoms with van der Waals surface area (Å²) in [6.45, 7) is 6.02. The Bertz CT molecular complexity index is 340. The van der Waals surface area contributed by atoms with E-state index < -0.39 is 5.60 Å². The van der Waals surface area contributed by atoms with E-state index in [2.05, 4.69) is 24.3 Å². The fraction of sp³-hybridized carbons (Fsp3) is 0.750. The Morgan fingerprint density at radius 1 is 1.50 bits per heavy atom. The third-order valence-corrected chi connectivity index (χ3v) is 3.24. The van der Waals surface area contributed by atoms with Crippen molar-refractivity contribution in [3.8, 4) is 0 Å². The van der Waals surface area contributed by atoms with Crippen LogP contribution in [0.25, 0.3) is 0 Å². The molecule has 0 unspecified atom stereocenters. The first-order chi connectivity index (χ1) is 7.59. The number of rotatable bonds is 3. The van der Waals surface area contributed by atoms with E-state index in [1.807, 2.05) is 16.9 Å². The summed E-state index contributed by atoms with van der Waals surface area (Å²) in [6, 6.07) is 2.40. The number of aromatic nitrogens is 2. The van der Waals surface area contributed by atoms with E-state index >= 15 is 0 Å². The average Bonchev–Trinajstić information content (AvgIpc) is 2.66. The summed E-state index contributed by atoms with van der Waals surface area (Å²) in [4.78, 5) is 0. The van der Waals surface area contributed by atoms with Gasteiger partial charge in [0.15, 0.2) is 0 Å². The van der Waals surface area contributed by atoms with Gasteiger partial charge >= 0.3 is 0 Å². The molecule has 0 radical (unpaired) electrons. The second-order valence-electron chi connectivity index (χ2n) is 5.03. The fourth-order valence-electron chi connectivity index (χ4n) is 2.17. The minimum Gasteiger partial charge on any atom is -0.389 e. The van der Waals surface area contributed by atoms with Gasteiger partial charge in [-0.15, -0.1) is 0 Å². The molecule has 0 aromatic carbocycles. The maximum absolute atomic E-state index is 10.4. The molecule has 0 atom stereocenters. The zero-order valence-corrected chi connectivity index (χ0v) is 10.1. The van der Waals surface area contributed by atoms with Crippen molar-refractivity contribution < 1.29 is 5.11 Å². The van der Waals surface area contributed by atoms with Crippen LogP contribution >= 0.6 is 0 Å². The summed E-state index contributed by atoms with van der Waals surface area (Å²) in [6.07, 6.45) is 4.31. The van der Waals surface area contributed by atoms with Crippen LogP contribution in [0.15, 0.2) is 12.3 Å². The minimum atomic E-state index is -0.554. The molecule has 4 heteroatoms. The van der Waals surface area contributed by atoms with Gasteiger partial charge in [0.1, 0.15) is 0 Å². The van der Waals surface area contributed by atoms with Gasteiger partial charge in [0, 0.05) is 18.7 Å². The van der Waals surface area contributed by atoms with Crippen LogP contribution in [0.2, 0.25) is 0 Å². The fourth-order valence-corrected chi connectivity index (χ4v) is 2.17. The molecule has 4 nitrogen and oxygen atoms in total. The average molecular weight is 223 g/mol. The van der Waals surface area contributed by atoms with Crippen molar-refractivity contribution in [2.75, 3.05) is 13.1 Å². The van der Waals surface area contributed by atoms with Gasteiger partial charge in [-0.2, -0.15) is 5.10 Å². The van der Waals surface area contributed by atoms with Gasteiger partial charge in [-0.1, -0.05) is 0 Å². The van der Waals surface area contributed by atoms with Crippen molar-refractivity contribution in [3.63, 3.8) is 0 Å². The molecule has 0 spiro atoms. The normalized spacial score (nSPS) is 20.2. The van der Waals surface area contributed by atoms with E-state index in [0.717, 1.165) is 31.6 Å². The lowest BCUT2D eigenvalue weighted by molar-refractivity contribution is 0.00987. The van der Waals surface area contributed by atoms with Gasteiger partial charge < -0.3 is 10.4 Å². The molecule has 0 aliphatic carbocycles. The van der Waals surface area contributed by atoms with Crippen LogP contribution in [-0.4, -0.2) is 33.6 Å². The lowest BCUT2D eigenvalue weighted by Crippen LogP contribution is -2.43. The highest BCUT2D eigenvalue weighted by Gasteiger charge is 2.30. The molecule has 1 aromatic heterocycles. The molecular formula is C12H21N3O. The first-order valence-electron chi connectivity index (χ1n) is 6.06. The van der Waals surface area contributed by atoms with Crippen LogP contribution in [0, 0.1) is 0 Å². The molecule has 2 rings (SSSR count). The summed E-state index contributed by atoms with van der Waals surface area (Å²) in [5, 5.41) is 18.1. The highest BCUT2D eigenvalue weighted by molar-refractivity contribution is 5.05. The van der Waals surface area contributed by atoms with Crippen molar-refractivity contribution >= 4 is 0 Å². The molecule has 16 heavy (non-hydrogen) atoms. The van der Waals surface area contributed by atoms with Gasteiger partial charge in [0.25, 0.3) is 0 Å². The molecule has 0 amide bonds. The Kier molecular flexibility index (Phi) is 3.30. The quantitative estimate of drug-likeness (QED) is 0.807. The van der Waals surface area contributed by atoms with E-state index in [1.54, 1.807) is 0 Å². The van der Waals surface area contributed by atoms with Crippen LogP contribution in [-0.2, 0) is 6.42 Å². The van der Waals surface area contributed by atoms with Crippen molar-refractivity contribution in [1.82, 2.24) is 15.1 Å². The predicted octanol–water partition coefficient (Wildman–Crippen LogP) is 1.12. The van der Waals surface area contributed by atoms with Crippen LogP contribution in [0.1, 0.15) is 38.4 Å². The van der Waals surface area contributed by atoms with Crippen molar-refractivity contribution in [3.05, 3.63) is 18.0 Å². The number of aliphatic hydroxyl groups is 1. The molecule has 1 aliphatic rings. The van der Waals surface area contributed by atoms with Crippen LogP contribution < -0.4 is 5.32 Å². The van der Waals surface area contributed by atoms with Gasteiger partial charge in [-0.05, 0) is 45.8 Å². The number of nitrogens with zero attached hydrogens (tertiary/aromatic N) is 2. The van der Waals surface area contributed by atoms with Gasteiger partial charge in [-0.25, -0.2) is 0 Å². The molecule has 1 saturated heterocycles. The first-order valence-corrected chi connectivity index (χ1v) is 6.06. The number of piperidine rings is 1. The monoisotopic (exact) mass is 223 g/mol. The van der Waals surface area contributed by atoms with E-state index in [-0.39, 0.29) is 0 Å². The van der Waals surface area contributed by atoms with Crippen LogP contribution in [0.3, 0.4) is 0 Å². The smallest absolute Gasteiger partial charge is 0.0727 e. The second kappa shape index (κ2) is 4.55. The number of hydrogen-bond acceptors (Lipinski definition) is 3. The zero-order valence-electron chi connectivity index (χ0n) is 10.1. The van der Waals surface area contributed by atoms with E-state index in [9.17, 15) is 5.11 Å². The van der Waals surface area contributed by atoms with E-state index in [0.29, 0.717) is 12.5 Å². The number of hydrogen-bond donors (Lipinski definition) is 2. The van der Waals surface area contributed by atoms with Crippen LogP contribution in [0.5, 0.6) is 0 Å². The highest BCUT2D eigenvalue weighted by Crippen LogP contribution is 2.22. The molecule has 0 bridgehead atoms. The molecule has 1 aromatic rings. The highest BCUT2D eigenvalue weighted by atomic mass is 16.3. The molecule has 90 valence electrons. The Balaban J connectivity index is 2.02. The molecule has 0 saturated carbocycles. The van der Waals surface area contributed by atoms with Crippen molar-refractivity contribution in [1.29, 1.82) is 0 Å². The Labute approximate surface area is 96.7 Å². The SMILES string of the molecule is CC(C)n1ccc(CC2(O)CCNCC2)n1.